The zero-order valence-corrected chi connectivity index (χ0v) is 29.3. The lowest BCUT2D eigenvalue weighted by atomic mass is 9.71. The summed E-state index contributed by atoms with van der Waals surface area (Å²) in [6, 6.07) is 9.22. The largest absolute Gasteiger partial charge is 0.444 e. The normalized spacial score (nSPS) is 20.7. The fourth-order valence-electron chi connectivity index (χ4n) is 7.91. The van der Waals surface area contributed by atoms with E-state index in [4.69, 9.17) is 10.00 Å². The van der Waals surface area contributed by atoms with E-state index in [2.05, 4.69) is 20.1 Å². The monoisotopic (exact) mass is 695 g/mol. The van der Waals surface area contributed by atoms with Crippen LogP contribution in [0.3, 0.4) is 0 Å². The molecule has 50 heavy (non-hydrogen) atoms. The van der Waals surface area contributed by atoms with Gasteiger partial charge in [-0.25, -0.2) is 9.78 Å². The summed E-state index contributed by atoms with van der Waals surface area (Å²) in [6.45, 7) is 13.4. The second kappa shape index (κ2) is 14.3. The highest BCUT2D eigenvalue weighted by Gasteiger charge is 2.45. The molecule has 1 N–H and O–H groups in total. The van der Waals surface area contributed by atoms with Crippen LogP contribution in [0.15, 0.2) is 36.5 Å². The first kappa shape index (κ1) is 35.8. The molecule has 1 aromatic carbocycles. The van der Waals surface area contributed by atoms with Crippen LogP contribution in [0, 0.1) is 28.6 Å². The van der Waals surface area contributed by atoms with Gasteiger partial charge < -0.3 is 29.7 Å². The molecule has 2 amide bonds. The number of halogens is 3. The first-order valence-corrected chi connectivity index (χ1v) is 17.8. The molecule has 0 aliphatic carbocycles. The topological polar surface area (TPSA) is 105 Å². The maximum atomic E-state index is 13.4. The summed E-state index contributed by atoms with van der Waals surface area (Å²) in [7, 11) is 0. The van der Waals surface area contributed by atoms with Crippen LogP contribution in [-0.2, 0) is 15.7 Å². The lowest BCUT2D eigenvalue weighted by molar-refractivity contribution is -0.137. The van der Waals surface area contributed by atoms with E-state index in [0.717, 1.165) is 83.3 Å². The first-order chi connectivity index (χ1) is 23.7. The van der Waals surface area contributed by atoms with E-state index in [-0.39, 0.29) is 17.9 Å². The van der Waals surface area contributed by atoms with Crippen LogP contribution in [0.4, 0.5) is 35.2 Å². The lowest BCUT2D eigenvalue weighted by Crippen LogP contribution is -2.61. The van der Waals surface area contributed by atoms with Gasteiger partial charge in [-0.15, -0.1) is 0 Å². The molecule has 2 aromatic rings. The summed E-state index contributed by atoms with van der Waals surface area (Å²) in [4.78, 5) is 38.6. The van der Waals surface area contributed by atoms with E-state index in [9.17, 15) is 22.8 Å². The van der Waals surface area contributed by atoms with Crippen molar-refractivity contribution < 1.29 is 27.5 Å². The molecule has 6 rings (SSSR count). The molecular weight excluding hydrogens is 647 g/mol. The number of carbonyl (C=O) groups is 2. The molecule has 0 bridgehead atoms. The van der Waals surface area contributed by atoms with Gasteiger partial charge in [0.2, 0.25) is 5.91 Å². The van der Waals surface area contributed by atoms with Gasteiger partial charge in [-0.3, -0.25) is 4.79 Å². The number of pyridine rings is 1. The quantitative estimate of drug-likeness (QED) is 0.372. The minimum absolute atomic E-state index is 0.135. The van der Waals surface area contributed by atoms with Crippen molar-refractivity contribution in [3.05, 3.63) is 47.7 Å². The van der Waals surface area contributed by atoms with Crippen LogP contribution < -0.4 is 15.1 Å². The van der Waals surface area contributed by atoms with Gasteiger partial charge >= 0.3 is 12.3 Å². The van der Waals surface area contributed by atoms with Gasteiger partial charge in [-0.05, 0) is 101 Å². The average Bonchev–Trinajstić information content (AvgIpc) is 3.07. The molecule has 10 nitrogen and oxygen atoms in total. The Morgan fingerprint density at radius 3 is 2.16 bits per heavy atom. The molecule has 4 fully saturated rings. The van der Waals surface area contributed by atoms with Crippen molar-refractivity contribution in [3.8, 4) is 6.07 Å². The molecule has 13 heteroatoms. The van der Waals surface area contributed by atoms with E-state index in [1.54, 1.807) is 6.07 Å². The molecule has 0 radical (unpaired) electrons. The Morgan fingerprint density at radius 1 is 0.940 bits per heavy atom. The molecule has 270 valence electrons. The molecule has 5 heterocycles. The van der Waals surface area contributed by atoms with Crippen molar-refractivity contribution in [1.29, 1.82) is 5.26 Å². The van der Waals surface area contributed by atoms with E-state index < -0.39 is 22.9 Å². The van der Waals surface area contributed by atoms with Crippen molar-refractivity contribution >= 4 is 29.2 Å². The van der Waals surface area contributed by atoms with Gasteiger partial charge in [0, 0.05) is 70.5 Å². The van der Waals surface area contributed by atoms with Crippen LogP contribution in [-0.4, -0.2) is 91.3 Å². The third-order valence-electron chi connectivity index (χ3n) is 10.7. The Hall–Kier alpha value is -4.05. The number of carbonyl (C=O) groups excluding carboxylic acids is 2. The molecule has 1 aromatic heterocycles. The standard InChI is InChI=1S/C37H48F3N7O3/c1-35(2,3)50-34(49)47-14-8-26(9-15-47)23-44-24-36(25-44)12-18-46(19-13-36)30-6-7-32(42-22-30)43-33(48)27-10-16-45(17-11-27)29-5-4-28(21-41)31(20-29)37(38,39)40/h4-7,20,22,26-27H,8-19,23-25H2,1-3H3,(H,42,43,48). The SMILES string of the molecule is CC(C)(C)OC(=O)N1CCC(CN2CC3(CCN(c4ccc(NC(=O)C5CCN(c6ccc(C#N)c(C(F)(F)F)c6)CC5)nc4)CC3)C2)CC1. The Kier molecular flexibility index (Phi) is 10.2. The highest BCUT2D eigenvalue weighted by molar-refractivity contribution is 5.92. The number of amides is 2. The van der Waals surface area contributed by atoms with Crippen molar-refractivity contribution in [3.63, 3.8) is 0 Å². The molecule has 0 saturated carbocycles. The van der Waals surface area contributed by atoms with Gasteiger partial charge in [0.15, 0.2) is 0 Å². The average molecular weight is 696 g/mol. The van der Waals surface area contributed by atoms with Crippen LogP contribution >= 0.6 is 0 Å². The second-order valence-electron chi connectivity index (χ2n) is 15.6. The molecular formula is C37H48F3N7O3. The summed E-state index contributed by atoms with van der Waals surface area (Å²) in [6.07, 6.45) is 2.33. The Balaban J connectivity index is 0.902. The zero-order chi connectivity index (χ0) is 35.7. The Labute approximate surface area is 292 Å². The smallest absolute Gasteiger partial charge is 0.417 e. The van der Waals surface area contributed by atoms with E-state index >= 15 is 0 Å². The van der Waals surface area contributed by atoms with Gasteiger partial charge in [-0.2, -0.15) is 18.4 Å². The molecule has 4 aliphatic rings. The second-order valence-corrected chi connectivity index (χ2v) is 15.6. The van der Waals surface area contributed by atoms with Crippen molar-refractivity contribution in [2.24, 2.45) is 17.3 Å². The van der Waals surface area contributed by atoms with Crippen molar-refractivity contribution in [2.45, 2.75) is 71.1 Å². The lowest BCUT2D eigenvalue weighted by Gasteiger charge is -2.55. The number of benzene rings is 1. The van der Waals surface area contributed by atoms with E-state index in [1.807, 2.05) is 48.9 Å². The predicted octanol–water partition coefficient (Wildman–Crippen LogP) is 6.38. The van der Waals surface area contributed by atoms with Gasteiger partial charge in [0.1, 0.15) is 11.4 Å². The van der Waals surface area contributed by atoms with E-state index in [1.165, 1.54) is 12.1 Å². The number of aromatic nitrogens is 1. The number of piperidine rings is 3. The molecule has 0 atom stereocenters. The first-order valence-electron chi connectivity index (χ1n) is 17.8. The summed E-state index contributed by atoms with van der Waals surface area (Å²) < 4.78 is 45.8. The molecule has 4 aliphatic heterocycles. The van der Waals surface area contributed by atoms with Gasteiger partial charge in [-0.1, -0.05) is 0 Å². The fraction of sp³-hybridized carbons (Fsp3) is 0.622. The highest BCUT2D eigenvalue weighted by Crippen LogP contribution is 2.42. The minimum Gasteiger partial charge on any atom is -0.444 e. The summed E-state index contributed by atoms with van der Waals surface area (Å²) in [5.41, 5.74) is 0.0231. The highest BCUT2D eigenvalue weighted by atomic mass is 19.4. The van der Waals surface area contributed by atoms with Crippen LogP contribution in [0.1, 0.15) is 70.4 Å². The Bertz CT molecular complexity index is 1550. The predicted molar refractivity (Wildman–Crippen MR) is 185 cm³/mol. The number of hydrogen-bond acceptors (Lipinski definition) is 8. The molecule has 0 unspecified atom stereocenters. The molecule has 4 saturated heterocycles. The van der Waals surface area contributed by atoms with Crippen molar-refractivity contribution in [1.82, 2.24) is 14.8 Å². The van der Waals surface area contributed by atoms with Gasteiger partial charge in [0.05, 0.1) is 29.1 Å². The number of anilines is 3. The number of hydrogen-bond donors (Lipinski definition) is 1. The number of ether oxygens (including phenoxy) is 1. The van der Waals surface area contributed by atoms with Crippen molar-refractivity contribution in [2.75, 3.05) is 74.0 Å². The summed E-state index contributed by atoms with van der Waals surface area (Å²) in [5.74, 6) is 0.707. The number of likely N-dealkylation sites (tertiary alicyclic amines) is 2. The minimum atomic E-state index is -4.61. The maximum Gasteiger partial charge on any atom is 0.417 e. The van der Waals surface area contributed by atoms with Crippen LogP contribution in [0.5, 0.6) is 0 Å². The summed E-state index contributed by atoms with van der Waals surface area (Å²) >= 11 is 0. The zero-order valence-electron chi connectivity index (χ0n) is 29.3. The fourth-order valence-corrected chi connectivity index (χ4v) is 7.91. The third-order valence-corrected chi connectivity index (χ3v) is 10.7. The Morgan fingerprint density at radius 2 is 1.58 bits per heavy atom. The van der Waals surface area contributed by atoms with Crippen LogP contribution in [0.25, 0.3) is 0 Å². The van der Waals surface area contributed by atoms with E-state index in [0.29, 0.717) is 48.8 Å². The van der Waals surface area contributed by atoms with Crippen LogP contribution in [0.2, 0.25) is 0 Å². The number of nitriles is 1. The maximum absolute atomic E-state index is 13.4. The summed E-state index contributed by atoms with van der Waals surface area (Å²) in [5, 5.41) is 12.0. The molecule has 1 spiro atoms. The number of rotatable bonds is 6. The number of nitrogens with one attached hydrogen (secondary N) is 1. The number of alkyl halides is 3. The third kappa shape index (κ3) is 8.45. The van der Waals surface area contributed by atoms with Gasteiger partial charge in [0.25, 0.3) is 0 Å². The number of nitrogens with zero attached hydrogens (tertiary/aromatic N) is 6.